The topological polar surface area (TPSA) is 32.7 Å². The van der Waals surface area contributed by atoms with Crippen LogP contribution in [0, 0.1) is 5.41 Å². The summed E-state index contributed by atoms with van der Waals surface area (Å²) in [5.74, 6) is 0. The zero-order valence-corrected chi connectivity index (χ0v) is 14.6. The lowest BCUT2D eigenvalue weighted by atomic mass is 9.74. The number of benzene rings is 1. The van der Waals surface area contributed by atoms with Gasteiger partial charge in [-0.05, 0) is 74.7 Å². The first-order valence-corrected chi connectivity index (χ1v) is 9.26. The summed E-state index contributed by atoms with van der Waals surface area (Å²) in [5, 5.41) is 10.8. The number of aliphatic hydroxyl groups excluding tert-OH is 1. The number of piperidine rings is 1. The molecule has 2 aliphatic rings. The Hall–Kier alpha value is -0.610. The van der Waals surface area contributed by atoms with Gasteiger partial charge < -0.3 is 9.84 Å². The molecule has 1 aromatic rings. The molecule has 2 aliphatic heterocycles. The Bertz CT molecular complexity index is 477. The molecular formula is C19H28ClNO2. The predicted molar refractivity (Wildman–Crippen MR) is 93.7 cm³/mol. The molecule has 2 fully saturated rings. The lowest BCUT2D eigenvalue weighted by Crippen LogP contribution is -2.44. The van der Waals surface area contributed by atoms with E-state index in [2.05, 4.69) is 17.0 Å². The molecule has 1 aromatic carbocycles. The predicted octanol–water partition coefficient (Wildman–Crippen LogP) is 3.87. The van der Waals surface area contributed by atoms with Crippen molar-refractivity contribution in [3.8, 4) is 0 Å². The molecule has 2 saturated heterocycles. The van der Waals surface area contributed by atoms with Crippen molar-refractivity contribution >= 4 is 11.6 Å². The second-order valence-electron chi connectivity index (χ2n) is 7.25. The third-order valence-corrected chi connectivity index (χ3v) is 5.76. The third kappa shape index (κ3) is 4.69. The van der Waals surface area contributed by atoms with Crippen molar-refractivity contribution in [3.63, 3.8) is 0 Å². The summed E-state index contributed by atoms with van der Waals surface area (Å²) in [6.07, 6.45) is 7.15. The lowest BCUT2D eigenvalue weighted by molar-refractivity contribution is -0.0486. The SMILES string of the molecule is OCC1(CC2CCCCO2)CCN(Cc2ccc(Cl)cc2)CC1. The van der Waals surface area contributed by atoms with Gasteiger partial charge in [-0.2, -0.15) is 0 Å². The highest BCUT2D eigenvalue weighted by molar-refractivity contribution is 6.30. The monoisotopic (exact) mass is 337 g/mol. The first-order valence-electron chi connectivity index (χ1n) is 8.88. The van der Waals surface area contributed by atoms with Crippen LogP contribution in [0.2, 0.25) is 5.02 Å². The molecule has 23 heavy (non-hydrogen) atoms. The fourth-order valence-electron chi connectivity index (χ4n) is 3.91. The molecule has 3 nitrogen and oxygen atoms in total. The van der Waals surface area contributed by atoms with Crippen molar-refractivity contribution in [2.75, 3.05) is 26.3 Å². The molecule has 1 N–H and O–H groups in total. The molecule has 0 amide bonds. The Labute approximate surface area is 144 Å². The standard InChI is InChI=1S/C19H28ClNO2/c20-17-6-4-16(5-7-17)14-21-10-8-19(15-22,9-11-21)13-18-3-1-2-12-23-18/h4-7,18,22H,1-3,8-15H2. The molecule has 0 bridgehead atoms. The highest BCUT2D eigenvalue weighted by Crippen LogP contribution is 2.38. The Morgan fingerprint density at radius 2 is 1.91 bits per heavy atom. The first kappa shape index (κ1) is 17.2. The molecule has 1 atom stereocenters. The number of nitrogens with zero attached hydrogens (tertiary/aromatic N) is 1. The smallest absolute Gasteiger partial charge is 0.0581 e. The van der Waals surface area contributed by atoms with Gasteiger partial charge in [-0.15, -0.1) is 0 Å². The van der Waals surface area contributed by atoms with Gasteiger partial charge in [0.15, 0.2) is 0 Å². The van der Waals surface area contributed by atoms with E-state index < -0.39 is 0 Å². The van der Waals surface area contributed by atoms with Gasteiger partial charge in [0.05, 0.1) is 6.10 Å². The number of likely N-dealkylation sites (tertiary alicyclic amines) is 1. The van der Waals surface area contributed by atoms with E-state index in [-0.39, 0.29) is 5.41 Å². The van der Waals surface area contributed by atoms with Crippen LogP contribution in [0.1, 0.15) is 44.1 Å². The summed E-state index contributed by atoms with van der Waals surface area (Å²) in [6.45, 7) is 4.26. The molecule has 0 spiro atoms. The van der Waals surface area contributed by atoms with E-state index in [4.69, 9.17) is 16.3 Å². The summed E-state index contributed by atoms with van der Waals surface area (Å²) >= 11 is 5.95. The highest BCUT2D eigenvalue weighted by Gasteiger charge is 2.36. The second-order valence-corrected chi connectivity index (χ2v) is 7.69. The molecule has 0 radical (unpaired) electrons. The molecule has 0 aromatic heterocycles. The van der Waals surface area contributed by atoms with E-state index in [1.807, 2.05) is 12.1 Å². The lowest BCUT2D eigenvalue weighted by Gasteiger charge is -2.43. The van der Waals surface area contributed by atoms with E-state index in [9.17, 15) is 5.11 Å². The summed E-state index contributed by atoms with van der Waals surface area (Å²) in [4.78, 5) is 2.48. The summed E-state index contributed by atoms with van der Waals surface area (Å²) < 4.78 is 5.90. The Morgan fingerprint density at radius 1 is 1.17 bits per heavy atom. The number of ether oxygens (including phenoxy) is 1. The fourth-order valence-corrected chi connectivity index (χ4v) is 4.04. The number of halogens is 1. The van der Waals surface area contributed by atoms with Crippen molar-refractivity contribution in [2.45, 2.75) is 51.2 Å². The van der Waals surface area contributed by atoms with E-state index in [0.29, 0.717) is 12.7 Å². The highest BCUT2D eigenvalue weighted by atomic mass is 35.5. The molecule has 3 rings (SSSR count). The molecule has 0 aliphatic carbocycles. The van der Waals surface area contributed by atoms with E-state index in [0.717, 1.165) is 56.9 Å². The maximum Gasteiger partial charge on any atom is 0.0581 e. The van der Waals surface area contributed by atoms with Crippen LogP contribution in [0.25, 0.3) is 0 Å². The van der Waals surface area contributed by atoms with Crippen LogP contribution in [-0.2, 0) is 11.3 Å². The van der Waals surface area contributed by atoms with E-state index in [1.165, 1.54) is 18.4 Å². The number of aliphatic hydroxyl groups is 1. The quantitative estimate of drug-likeness (QED) is 0.885. The Kier molecular flexibility index (Phi) is 5.97. The molecule has 2 heterocycles. The molecule has 0 saturated carbocycles. The van der Waals surface area contributed by atoms with Gasteiger partial charge in [-0.3, -0.25) is 4.90 Å². The van der Waals surface area contributed by atoms with Gasteiger partial charge in [0.2, 0.25) is 0 Å². The van der Waals surface area contributed by atoms with Crippen molar-refractivity contribution in [1.29, 1.82) is 0 Å². The molecule has 128 valence electrons. The van der Waals surface area contributed by atoms with Crippen LogP contribution in [0.5, 0.6) is 0 Å². The van der Waals surface area contributed by atoms with Crippen LogP contribution in [-0.4, -0.2) is 42.4 Å². The normalized spacial score (nSPS) is 25.4. The van der Waals surface area contributed by atoms with Crippen molar-refractivity contribution < 1.29 is 9.84 Å². The first-order chi connectivity index (χ1) is 11.2. The minimum Gasteiger partial charge on any atom is -0.396 e. The minimum absolute atomic E-state index is 0.0680. The van der Waals surface area contributed by atoms with Gasteiger partial charge >= 0.3 is 0 Å². The van der Waals surface area contributed by atoms with Crippen LogP contribution in [0.4, 0.5) is 0 Å². The Morgan fingerprint density at radius 3 is 2.52 bits per heavy atom. The third-order valence-electron chi connectivity index (χ3n) is 5.51. The van der Waals surface area contributed by atoms with Crippen LogP contribution < -0.4 is 0 Å². The maximum atomic E-state index is 9.99. The second kappa shape index (κ2) is 7.98. The zero-order chi connectivity index (χ0) is 16.1. The number of hydrogen-bond acceptors (Lipinski definition) is 3. The van der Waals surface area contributed by atoms with Gasteiger partial charge in [0.1, 0.15) is 0 Å². The van der Waals surface area contributed by atoms with E-state index in [1.54, 1.807) is 0 Å². The molecule has 4 heteroatoms. The summed E-state index contributed by atoms with van der Waals surface area (Å²) in [5.41, 5.74) is 1.37. The largest absolute Gasteiger partial charge is 0.396 e. The summed E-state index contributed by atoms with van der Waals surface area (Å²) in [6, 6.07) is 8.12. The van der Waals surface area contributed by atoms with Gasteiger partial charge in [-0.25, -0.2) is 0 Å². The van der Waals surface area contributed by atoms with Crippen LogP contribution in [0.15, 0.2) is 24.3 Å². The Balaban J connectivity index is 1.51. The molecular weight excluding hydrogens is 310 g/mol. The average Bonchev–Trinajstić information content (AvgIpc) is 2.60. The van der Waals surface area contributed by atoms with Gasteiger partial charge in [0, 0.05) is 24.8 Å². The number of hydrogen-bond donors (Lipinski definition) is 1. The van der Waals surface area contributed by atoms with Crippen LogP contribution >= 0.6 is 11.6 Å². The number of rotatable bonds is 5. The van der Waals surface area contributed by atoms with Crippen molar-refractivity contribution in [2.24, 2.45) is 5.41 Å². The summed E-state index contributed by atoms with van der Waals surface area (Å²) in [7, 11) is 0. The van der Waals surface area contributed by atoms with Crippen molar-refractivity contribution in [1.82, 2.24) is 4.90 Å². The van der Waals surface area contributed by atoms with Gasteiger partial charge in [0.25, 0.3) is 0 Å². The van der Waals surface area contributed by atoms with E-state index >= 15 is 0 Å². The van der Waals surface area contributed by atoms with Crippen LogP contribution in [0.3, 0.4) is 0 Å². The minimum atomic E-state index is 0.0680. The van der Waals surface area contributed by atoms with Crippen molar-refractivity contribution in [3.05, 3.63) is 34.9 Å². The molecule has 1 unspecified atom stereocenters. The average molecular weight is 338 g/mol. The zero-order valence-electron chi connectivity index (χ0n) is 13.8. The van der Waals surface area contributed by atoms with Gasteiger partial charge in [-0.1, -0.05) is 23.7 Å². The fraction of sp³-hybridized carbons (Fsp3) is 0.684. The maximum absolute atomic E-state index is 9.99.